The number of furan rings is 1. The molecule has 2 rings (SSSR count). The summed E-state index contributed by atoms with van der Waals surface area (Å²) < 4.78 is 33.4. The van der Waals surface area contributed by atoms with E-state index < -0.39 is 11.6 Å². The molecule has 0 radical (unpaired) electrons. The zero-order valence-corrected chi connectivity index (χ0v) is 12.9. The fraction of sp³-hybridized carbons (Fsp3) is 0.429. The maximum atomic E-state index is 13.9. The highest BCUT2D eigenvalue weighted by Gasteiger charge is 2.29. The van der Waals surface area contributed by atoms with E-state index in [4.69, 9.17) is 4.42 Å². The standard InChI is InChI=1S/C14H16BrF2NO/c1-14(2,3)11-9(6-18-4)19-13-10(11)7(15)5-8(16)12(13)17/h5,18H,6H2,1-4H3. The second-order valence-corrected chi connectivity index (χ2v) is 6.39. The molecule has 0 amide bonds. The molecular weight excluding hydrogens is 316 g/mol. The van der Waals surface area contributed by atoms with Crippen molar-refractivity contribution in [3.05, 3.63) is 33.5 Å². The van der Waals surface area contributed by atoms with E-state index in [9.17, 15) is 8.78 Å². The van der Waals surface area contributed by atoms with E-state index >= 15 is 0 Å². The molecule has 0 saturated heterocycles. The van der Waals surface area contributed by atoms with Crippen molar-refractivity contribution in [1.82, 2.24) is 5.32 Å². The van der Waals surface area contributed by atoms with Crippen molar-refractivity contribution < 1.29 is 13.2 Å². The first-order valence-electron chi connectivity index (χ1n) is 6.01. The number of hydrogen-bond donors (Lipinski definition) is 1. The Bertz CT molecular complexity index is 629. The van der Waals surface area contributed by atoms with Gasteiger partial charge in [-0.1, -0.05) is 20.8 Å². The Balaban J connectivity index is 2.90. The van der Waals surface area contributed by atoms with Crippen LogP contribution in [0.4, 0.5) is 8.78 Å². The van der Waals surface area contributed by atoms with Gasteiger partial charge < -0.3 is 9.73 Å². The van der Waals surface area contributed by atoms with Gasteiger partial charge in [-0.05, 0) is 34.5 Å². The molecule has 0 aliphatic heterocycles. The molecule has 1 N–H and O–H groups in total. The Labute approximate surface area is 119 Å². The van der Waals surface area contributed by atoms with Crippen LogP contribution in [-0.2, 0) is 12.0 Å². The molecule has 0 aliphatic carbocycles. The lowest BCUT2D eigenvalue weighted by molar-refractivity contribution is 0.463. The zero-order valence-electron chi connectivity index (χ0n) is 11.3. The third-order valence-corrected chi connectivity index (χ3v) is 3.60. The van der Waals surface area contributed by atoms with E-state index in [1.807, 2.05) is 20.8 Å². The molecule has 0 aliphatic rings. The highest BCUT2D eigenvalue weighted by atomic mass is 79.9. The molecule has 0 bridgehead atoms. The van der Waals surface area contributed by atoms with Gasteiger partial charge in [0.05, 0.1) is 6.54 Å². The van der Waals surface area contributed by atoms with Gasteiger partial charge in [0.1, 0.15) is 5.76 Å². The Morgan fingerprint density at radius 3 is 2.47 bits per heavy atom. The quantitative estimate of drug-likeness (QED) is 0.820. The number of nitrogens with one attached hydrogen (secondary N) is 1. The third-order valence-electron chi connectivity index (χ3n) is 2.97. The summed E-state index contributed by atoms with van der Waals surface area (Å²) in [4.78, 5) is 0. The first kappa shape index (κ1) is 14.5. The van der Waals surface area contributed by atoms with Gasteiger partial charge >= 0.3 is 0 Å². The number of hydrogen-bond acceptors (Lipinski definition) is 2. The van der Waals surface area contributed by atoms with Crippen molar-refractivity contribution in [3.8, 4) is 0 Å². The van der Waals surface area contributed by atoms with Crippen LogP contribution in [0.2, 0.25) is 0 Å². The smallest absolute Gasteiger partial charge is 0.201 e. The monoisotopic (exact) mass is 331 g/mol. The van der Waals surface area contributed by atoms with Gasteiger partial charge in [0.25, 0.3) is 0 Å². The molecule has 2 aromatic rings. The molecule has 5 heteroatoms. The summed E-state index contributed by atoms with van der Waals surface area (Å²) in [6.07, 6.45) is 0. The lowest BCUT2D eigenvalue weighted by atomic mass is 9.84. The molecule has 0 fully saturated rings. The highest BCUT2D eigenvalue weighted by Crippen LogP contribution is 2.41. The Morgan fingerprint density at radius 1 is 1.32 bits per heavy atom. The van der Waals surface area contributed by atoms with Gasteiger partial charge in [0.2, 0.25) is 5.82 Å². The highest BCUT2D eigenvalue weighted by molar-refractivity contribution is 9.10. The number of rotatable bonds is 2. The average molecular weight is 332 g/mol. The molecular formula is C14H16BrF2NO. The van der Waals surface area contributed by atoms with Crippen molar-refractivity contribution >= 4 is 26.9 Å². The summed E-state index contributed by atoms with van der Waals surface area (Å²) in [6.45, 7) is 6.52. The minimum atomic E-state index is -0.939. The molecule has 0 spiro atoms. The molecule has 0 atom stereocenters. The van der Waals surface area contributed by atoms with Crippen molar-refractivity contribution in [2.75, 3.05) is 7.05 Å². The average Bonchev–Trinajstić information content (AvgIpc) is 2.66. The van der Waals surface area contributed by atoms with Gasteiger partial charge in [-0.25, -0.2) is 4.39 Å². The van der Waals surface area contributed by atoms with Gasteiger partial charge in [-0.2, -0.15) is 4.39 Å². The minimum Gasteiger partial charge on any atom is -0.456 e. The number of benzene rings is 1. The SMILES string of the molecule is CNCc1oc2c(F)c(F)cc(Br)c2c1C(C)(C)C. The van der Waals surface area contributed by atoms with E-state index in [1.54, 1.807) is 7.05 Å². The molecule has 2 nitrogen and oxygen atoms in total. The minimum absolute atomic E-state index is 0.0259. The van der Waals surface area contributed by atoms with E-state index in [0.29, 0.717) is 22.2 Å². The van der Waals surface area contributed by atoms with Crippen molar-refractivity contribution in [1.29, 1.82) is 0 Å². The van der Waals surface area contributed by atoms with E-state index in [2.05, 4.69) is 21.2 Å². The first-order chi connectivity index (χ1) is 8.77. The summed E-state index contributed by atoms with van der Waals surface area (Å²) in [5.74, 6) is -1.22. The van der Waals surface area contributed by atoms with Crippen LogP contribution in [0.3, 0.4) is 0 Å². The molecule has 19 heavy (non-hydrogen) atoms. The van der Waals surface area contributed by atoms with Gasteiger partial charge in [-0.15, -0.1) is 0 Å². The van der Waals surface area contributed by atoms with Gasteiger partial charge in [0, 0.05) is 15.4 Å². The van der Waals surface area contributed by atoms with Crippen LogP contribution in [0.15, 0.2) is 15.0 Å². The van der Waals surface area contributed by atoms with E-state index in [0.717, 1.165) is 11.6 Å². The van der Waals surface area contributed by atoms with Gasteiger partial charge in [0.15, 0.2) is 11.4 Å². The molecule has 0 unspecified atom stereocenters. The predicted molar refractivity (Wildman–Crippen MR) is 75.3 cm³/mol. The topological polar surface area (TPSA) is 25.2 Å². The summed E-state index contributed by atoms with van der Waals surface area (Å²) in [5.41, 5.74) is 0.634. The summed E-state index contributed by atoms with van der Waals surface area (Å²) in [6, 6.07) is 1.14. The molecule has 1 aromatic carbocycles. The maximum absolute atomic E-state index is 13.9. The van der Waals surface area contributed by atoms with Crippen LogP contribution in [-0.4, -0.2) is 7.05 Å². The largest absolute Gasteiger partial charge is 0.456 e. The van der Waals surface area contributed by atoms with Crippen LogP contribution in [0, 0.1) is 11.6 Å². The summed E-state index contributed by atoms with van der Waals surface area (Å²) in [7, 11) is 1.78. The van der Waals surface area contributed by atoms with Crippen molar-refractivity contribution in [2.24, 2.45) is 0 Å². The predicted octanol–water partition coefficient (Wildman–Crippen LogP) is 4.49. The Morgan fingerprint density at radius 2 is 1.95 bits per heavy atom. The number of halogens is 3. The molecule has 104 valence electrons. The Hall–Kier alpha value is -0.940. The van der Waals surface area contributed by atoms with Crippen molar-refractivity contribution in [3.63, 3.8) is 0 Å². The van der Waals surface area contributed by atoms with Gasteiger partial charge in [-0.3, -0.25) is 0 Å². The number of fused-ring (bicyclic) bond motifs is 1. The fourth-order valence-electron chi connectivity index (χ4n) is 2.29. The lowest BCUT2D eigenvalue weighted by Gasteiger charge is -2.19. The maximum Gasteiger partial charge on any atom is 0.201 e. The lowest BCUT2D eigenvalue weighted by Crippen LogP contribution is -2.16. The molecule has 0 saturated carbocycles. The van der Waals surface area contributed by atoms with Crippen LogP contribution in [0.25, 0.3) is 11.0 Å². The summed E-state index contributed by atoms with van der Waals surface area (Å²) in [5, 5.41) is 3.59. The van der Waals surface area contributed by atoms with Crippen LogP contribution < -0.4 is 5.32 Å². The zero-order chi connectivity index (χ0) is 14.4. The van der Waals surface area contributed by atoms with Crippen molar-refractivity contribution in [2.45, 2.75) is 32.7 Å². The second kappa shape index (κ2) is 4.87. The summed E-state index contributed by atoms with van der Waals surface area (Å²) >= 11 is 3.30. The Kier molecular flexibility index (Phi) is 3.71. The normalized spacial score (nSPS) is 12.4. The van der Waals surface area contributed by atoms with E-state index in [-0.39, 0.29) is 11.0 Å². The van der Waals surface area contributed by atoms with Crippen LogP contribution in [0.5, 0.6) is 0 Å². The molecule has 1 aromatic heterocycles. The third kappa shape index (κ3) is 2.41. The fourth-order valence-corrected chi connectivity index (χ4v) is 2.87. The second-order valence-electron chi connectivity index (χ2n) is 5.54. The van der Waals surface area contributed by atoms with Crippen LogP contribution >= 0.6 is 15.9 Å². The van der Waals surface area contributed by atoms with E-state index in [1.165, 1.54) is 0 Å². The first-order valence-corrected chi connectivity index (χ1v) is 6.80. The molecule has 1 heterocycles. The van der Waals surface area contributed by atoms with Crippen LogP contribution in [0.1, 0.15) is 32.1 Å².